The molecule has 1 rings (SSSR count). The number of hydrogen-bond donors (Lipinski definition) is 2. The van der Waals surface area contributed by atoms with Crippen LogP contribution in [0.1, 0.15) is 6.42 Å². The number of carbonyl (C=O) groups excluding carboxylic acids is 1. The van der Waals surface area contributed by atoms with Crippen molar-refractivity contribution in [2.45, 2.75) is 12.5 Å². The van der Waals surface area contributed by atoms with Crippen LogP contribution in [0.25, 0.3) is 0 Å². The summed E-state index contributed by atoms with van der Waals surface area (Å²) in [6, 6.07) is 0. The summed E-state index contributed by atoms with van der Waals surface area (Å²) in [5.74, 6) is -0.273. The molecule has 13 heavy (non-hydrogen) atoms. The van der Waals surface area contributed by atoms with E-state index in [0.717, 1.165) is 4.90 Å². The molecule has 0 saturated carbocycles. The number of aliphatic hydroxyl groups is 1. The first-order valence-corrected chi connectivity index (χ1v) is 4.36. The lowest BCUT2D eigenvalue weighted by atomic mass is 9.94. The molecule has 74 valence electrons. The van der Waals surface area contributed by atoms with Crippen LogP contribution in [0.4, 0.5) is 4.79 Å². The molecular weight excluding hydrogens is 192 g/mol. The molecule has 5 nitrogen and oxygen atoms in total. The first-order valence-electron chi connectivity index (χ1n) is 3.95. The summed E-state index contributed by atoms with van der Waals surface area (Å²) in [6.07, 6.45) is -1.60. The number of rotatable bonds is 1. The van der Waals surface area contributed by atoms with Crippen LogP contribution in [0, 0.1) is 5.92 Å². The number of aliphatic hydroxyl groups excluding tert-OH is 1. The van der Waals surface area contributed by atoms with Crippen molar-refractivity contribution in [3.63, 3.8) is 0 Å². The molecule has 3 N–H and O–H groups in total. The number of amides is 1. The quantitative estimate of drug-likeness (QED) is 0.496. The zero-order valence-corrected chi connectivity index (χ0v) is 7.79. The molecule has 1 fully saturated rings. The first kappa shape index (κ1) is 10.2. The van der Waals surface area contributed by atoms with Gasteiger partial charge in [-0.15, -0.1) is 0 Å². The molecule has 1 amide bonds. The molecule has 0 aromatic rings. The molecule has 0 aromatic heterocycles. The molecule has 2 atom stereocenters. The number of carbonyl (C=O) groups is 1. The van der Waals surface area contributed by atoms with Crippen molar-refractivity contribution in [3.05, 3.63) is 0 Å². The fourth-order valence-electron chi connectivity index (χ4n) is 1.43. The standard InChI is InChI=1S/C7H12N2O3S/c8-6(13)4-1-2-9(7(11)12)3-5(4)10/h4-5,10H,1-3H2,(H2,8,13)(H,11,12)/p-1. The lowest BCUT2D eigenvalue weighted by Gasteiger charge is -2.36. The van der Waals surface area contributed by atoms with Gasteiger partial charge in [0.05, 0.1) is 11.1 Å². The monoisotopic (exact) mass is 203 g/mol. The van der Waals surface area contributed by atoms with Crippen LogP contribution in [0.2, 0.25) is 0 Å². The molecule has 6 heteroatoms. The first-order chi connectivity index (χ1) is 6.02. The van der Waals surface area contributed by atoms with E-state index < -0.39 is 12.2 Å². The van der Waals surface area contributed by atoms with E-state index in [1.165, 1.54) is 0 Å². The van der Waals surface area contributed by atoms with Crippen LogP contribution in [0.3, 0.4) is 0 Å². The molecule has 0 bridgehead atoms. The Morgan fingerprint density at radius 1 is 1.69 bits per heavy atom. The fraction of sp³-hybridized carbons (Fsp3) is 0.714. The summed E-state index contributed by atoms with van der Waals surface area (Å²) in [4.78, 5) is 11.7. The van der Waals surface area contributed by atoms with Crippen molar-refractivity contribution in [1.82, 2.24) is 4.90 Å². The molecule has 1 heterocycles. The lowest BCUT2D eigenvalue weighted by molar-refractivity contribution is -0.268. The minimum absolute atomic E-state index is 0.0321. The zero-order chi connectivity index (χ0) is 10.0. The Morgan fingerprint density at radius 3 is 2.69 bits per heavy atom. The van der Waals surface area contributed by atoms with E-state index in [1.54, 1.807) is 0 Å². The fourth-order valence-corrected chi connectivity index (χ4v) is 1.70. The van der Waals surface area contributed by atoms with E-state index in [2.05, 4.69) is 0 Å². The second-order valence-electron chi connectivity index (χ2n) is 3.08. The normalized spacial score (nSPS) is 28.5. The highest BCUT2D eigenvalue weighted by molar-refractivity contribution is 7.80. The summed E-state index contributed by atoms with van der Waals surface area (Å²) in [6.45, 7) is 0.353. The van der Waals surface area contributed by atoms with Crippen LogP contribution >= 0.6 is 12.2 Å². The topological polar surface area (TPSA) is 89.6 Å². The molecule has 0 radical (unpaired) electrons. The number of nitrogens with zero attached hydrogens (tertiary/aromatic N) is 1. The van der Waals surface area contributed by atoms with Gasteiger partial charge in [-0.2, -0.15) is 0 Å². The number of nitrogens with two attached hydrogens (primary N) is 1. The van der Waals surface area contributed by atoms with Crippen molar-refractivity contribution in [2.75, 3.05) is 13.1 Å². The van der Waals surface area contributed by atoms with E-state index in [4.69, 9.17) is 18.0 Å². The Morgan fingerprint density at radius 2 is 2.31 bits per heavy atom. The van der Waals surface area contributed by atoms with E-state index in [-0.39, 0.29) is 17.5 Å². The molecule has 1 saturated heterocycles. The van der Waals surface area contributed by atoms with Gasteiger partial charge in [0.1, 0.15) is 6.09 Å². The van der Waals surface area contributed by atoms with Crippen molar-refractivity contribution in [3.8, 4) is 0 Å². The van der Waals surface area contributed by atoms with Crippen molar-refractivity contribution in [2.24, 2.45) is 11.7 Å². The number of thiocarbonyl (C=S) groups is 1. The summed E-state index contributed by atoms with van der Waals surface area (Å²) in [5.41, 5.74) is 5.37. The smallest absolute Gasteiger partial charge is 0.137 e. The van der Waals surface area contributed by atoms with Gasteiger partial charge in [-0.05, 0) is 6.42 Å². The van der Waals surface area contributed by atoms with Gasteiger partial charge in [0.15, 0.2) is 0 Å². The number of piperidine rings is 1. The van der Waals surface area contributed by atoms with Gasteiger partial charge >= 0.3 is 0 Å². The predicted molar refractivity (Wildman–Crippen MR) is 47.9 cm³/mol. The Kier molecular flexibility index (Phi) is 3.05. The predicted octanol–water partition coefficient (Wildman–Crippen LogP) is -1.70. The molecular formula is C7H11N2O3S-. The number of carboxylic acid groups (broad SMARTS) is 1. The summed E-state index contributed by atoms with van der Waals surface area (Å²) >= 11 is 4.73. The molecule has 0 aromatic carbocycles. The number of likely N-dealkylation sites (tertiary alicyclic amines) is 1. The maximum Gasteiger partial charge on any atom is 0.137 e. The number of β-amino-alcohol motifs (C(OH)–C–C–N with tert-alkyl or cyclic N) is 1. The Balaban J connectivity index is 2.56. The summed E-state index contributed by atoms with van der Waals surface area (Å²) in [7, 11) is 0. The molecule has 1 aliphatic rings. The van der Waals surface area contributed by atoms with E-state index in [9.17, 15) is 15.0 Å². The molecule has 1 aliphatic heterocycles. The summed E-state index contributed by atoms with van der Waals surface area (Å²) < 4.78 is 0. The van der Waals surface area contributed by atoms with Crippen LogP contribution in [-0.4, -0.2) is 40.3 Å². The lowest BCUT2D eigenvalue weighted by Crippen LogP contribution is -2.53. The van der Waals surface area contributed by atoms with Crippen molar-refractivity contribution < 1.29 is 15.0 Å². The largest absolute Gasteiger partial charge is 0.530 e. The van der Waals surface area contributed by atoms with Gasteiger partial charge in [0.25, 0.3) is 0 Å². The van der Waals surface area contributed by atoms with Crippen LogP contribution in [-0.2, 0) is 0 Å². The van der Waals surface area contributed by atoms with Crippen molar-refractivity contribution >= 4 is 23.3 Å². The maximum atomic E-state index is 10.4. The molecule has 2 unspecified atom stereocenters. The van der Waals surface area contributed by atoms with Gasteiger partial charge in [0, 0.05) is 19.0 Å². The van der Waals surface area contributed by atoms with Crippen LogP contribution in [0.15, 0.2) is 0 Å². The van der Waals surface area contributed by atoms with Crippen LogP contribution in [0.5, 0.6) is 0 Å². The average molecular weight is 203 g/mol. The van der Waals surface area contributed by atoms with E-state index in [0.29, 0.717) is 13.0 Å². The van der Waals surface area contributed by atoms with Gasteiger partial charge in [-0.1, -0.05) is 12.2 Å². The Labute approximate surface area is 81.1 Å². The third kappa shape index (κ3) is 2.28. The minimum atomic E-state index is -1.26. The second kappa shape index (κ2) is 3.89. The zero-order valence-electron chi connectivity index (χ0n) is 6.97. The van der Waals surface area contributed by atoms with E-state index >= 15 is 0 Å². The third-order valence-corrected chi connectivity index (χ3v) is 2.51. The maximum absolute atomic E-state index is 10.4. The third-order valence-electron chi connectivity index (χ3n) is 2.21. The highest BCUT2D eigenvalue weighted by atomic mass is 32.1. The van der Waals surface area contributed by atoms with Gasteiger partial charge in [0.2, 0.25) is 0 Å². The summed E-state index contributed by atoms with van der Waals surface area (Å²) in [5, 5.41) is 19.9. The highest BCUT2D eigenvalue weighted by Gasteiger charge is 2.29. The number of hydrogen-bond acceptors (Lipinski definition) is 4. The highest BCUT2D eigenvalue weighted by Crippen LogP contribution is 2.17. The van der Waals surface area contributed by atoms with Gasteiger partial charge < -0.3 is 25.6 Å². The second-order valence-corrected chi connectivity index (χ2v) is 3.55. The molecule has 0 spiro atoms. The van der Waals surface area contributed by atoms with Gasteiger partial charge in [-0.25, -0.2) is 0 Å². The minimum Gasteiger partial charge on any atom is -0.530 e. The SMILES string of the molecule is NC(=S)C1CCN(C(=O)[O-])CC1O. The molecule has 0 aliphatic carbocycles. The van der Waals surface area contributed by atoms with Gasteiger partial charge in [-0.3, -0.25) is 0 Å². The average Bonchev–Trinajstić information content (AvgIpc) is 2.03. The van der Waals surface area contributed by atoms with Crippen LogP contribution < -0.4 is 10.8 Å². The Hall–Kier alpha value is -0.880. The van der Waals surface area contributed by atoms with Crippen molar-refractivity contribution in [1.29, 1.82) is 0 Å². The van der Waals surface area contributed by atoms with E-state index in [1.807, 2.05) is 0 Å². The Bertz CT molecular complexity index is 234.